The maximum Gasteiger partial charge on any atom is 0.270 e. The number of nitrogens with one attached hydrogen (secondary N) is 2. The SMILES string of the molecule is CC1=N[N+](C)(C)C(C)=C1n1cc(NC(=O)C(NC(=O)c2ccnn2C(C)C)C2c3cc(F)c(F)cc3OCC23CC3)cn1. The number of fused-ring (bicyclic) bond motifs is 1. The normalized spacial score (nSPS) is 20.5. The number of halogens is 2. The quantitative estimate of drug-likeness (QED) is 0.397. The van der Waals surface area contributed by atoms with Gasteiger partial charge in [0.25, 0.3) is 5.91 Å². The van der Waals surface area contributed by atoms with Crippen LogP contribution in [0.25, 0.3) is 5.70 Å². The van der Waals surface area contributed by atoms with Gasteiger partial charge in [-0.25, -0.2) is 13.5 Å². The fourth-order valence-electron chi connectivity index (χ4n) is 6.20. The summed E-state index contributed by atoms with van der Waals surface area (Å²) >= 11 is 0. The van der Waals surface area contributed by atoms with Crippen molar-refractivity contribution in [1.82, 2.24) is 24.9 Å². The Morgan fingerprint density at radius 2 is 1.86 bits per heavy atom. The number of quaternary nitrogens is 1. The molecule has 1 fully saturated rings. The van der Waals surface area contributed by atoms with Gasteiger partial charge in [0.15, 0.2) is 17.3 Å². The van der Waals surface area contributed by atoms with Crippen LogP contribution in [0.3, 0.4) is 0 Å². The molecule has 3 aliphatic rings. The molecule has 226 valence electrons. The zero-order chi connectivity index (χ0) is 30.8. The molecule has 2 unspecified atom stereocenters. The second kappa shape index (κ2) is 10.1. The zero-order valence-electron chi connectivity index (χ0n) is 25.0. The number of rotatable bonds is 7. The predicted molar refractivity (Wildman–Crippen MR) is 155 cm³/mol. The van der Waals surface area contributed by atoms with Crippen molar-refractivity contribution in [2.45, 2.75) is 58.5 Å². The van der Waals surface area contributed by atoms with E-state index in [1.54, 1.807) is 21.6 Å². The first kappa shape index (κ1) is 28.7. The van der Waals surface area contributed by atoms with Crippen LogP contribution in [0.4, 0.5) is 14.5 Å². The highest BCUT2D eigenvalue weighted by molar-refractivity contribution is 6.18. The lowest BCUT2D eigenvalue weighted by molar-refractivity contribution is -0.856. The van der Waals surface area contributed by atoms with Gasteiger partial charge >= 0.3 is 0 Å². The van der Waals surface area contributed by atoms with E-state index in [-0.39, 0.29) is 24.1 Å². The summed E-state index contributed by atoms with van der Waals surface area (Å²) in [6.45, 7) is 7.88. The van der Waals surface area contributed by atoms with Gasteiger partial charge in [-0.15, -0.1) is 0 Å². The molecule has 1 spiro atoms. The first-order chi connectivity index (χ1) is 20.3. The molecule has 2 atom stereocenters. The Kier molecular flexibility index (Phi) is 6.75. The Labute approximate surface area is 247 Å². The predicted octanol–water partition coefficient (Wildman–Crippen LogP) is 4.29. The largest absolute Gasteiger partial charge is 0.493 e. The van der Waals surface area contributed by atoms with Crippen LogP contribution in [-0.2, 0) is 4.79 Å². The second-order valence-electron chi connectivity index (χ2n) is 12.3. The highest BCUT2D eigenvalue weighted by atomic mass is 19.2. The van der Waals surface area contributed by atoms with E-state index >= 15 is 0 Å². The number of nitrogens with zero attached hydrogens (tertiary/aromatic N) is 6. The standard InChI is InChI=1S/C30H34F2N8O3/c1-16(2)39-23(7-10-33-39)28(41)36-26(25-20-11-21(31)22(32)12-24(20)43-15-30(25)8-9-30)29(42)35-19-13-34-38(14-19)27-17(3)37-40(5,6)18(27)4/h7,10-14,16,25-26H,8-9,15H2,1-6H3,(H-,35,36,41,42)/p+1. The number of hydrogen-bond donors (Lipinski definition) is 2. The van der Waals surface area contributed by atoms with Crippen molar-refractivity contribution in [3.05, 3.63) is 65.4 Å². The molecule has 1 aromatic carbocycles. The first-order valence-corrected chi connectivity index (χ1v) is 14.3. The lowest BCUT2D eigenvalue weighted by Gasteiger charge is -2.38. The number of carbonyl (C=O) groups excluding carboxylic acids is 2. The molecule has 13 heteroatoms. The van der Waals surface area contributed by atoms with E-state index in [0.717, 1.165) is 29.2 Å². The number of amides is 2. The third-order valence-corrected chi connectivity index (χ3v) is 8.73. The molecule has 0 radical (unpaired) electrons. The van der Waals surface area contributed by atoms with Crippen molar-refractivity contribution in [2.75, 3.05) is 26.0 Å². The maximum absolute atomic E-state index is 14.6. The molecule has 4 heterocycles. The Morgan fingerprint density at radius 1 is 1.14 bits per heavy atom. The number of aromatic nitrogens is 4. The number of ether oxygens (including phenoxy) is 1. The molecule has 1 aliphatic carbocycles. The number of hydrogen-bond acceptors (Lipinski definition) is 6. The van der Waals surface area contributed by atoms with Gasteiger partial charge in [0.1, 0.15) is 28.9 Å². The second-order valence-corrected chi connectivity index (χ2v) is 12.3. The van der Waals surface area contributed by atoms with Crippen LogP contribution in [0.15, 0.2) is 47.6 Å². The molecule has 2 amide bonds. The molecule has 1 saturated carbocycles. The summed E-state index contributed by atoms with van der Waals surface area (Å²) in [5.74, 6) is -3.63. The van der Waals surface area contributed by atoms with Gasteiger partial charge in [0, 0.05) is 42.1 Å². The van der Waals surface area contributed by atoms with E-state index in [9.17, 15) is 18.4 Å². The fourth-order valence-corrected chi connectivity index (χ4v) is 6.20. The number of benzene rings is 1. The third-order valence-electron chi connectivity index (χ3n) is 8.73. The van der Waals surface area contributed by atoms with Crippen LogP contribution in [0.5, 0.6) is 5.75 Å². The minimum absolute atomic E-state index is 0.103. The molecule has 2 aliphatic heterocycles. The van der Waals surface area contributed by atoms with E-state index in [1.165, 1.54) is 12.4 Å². The zero-order valence-corrected chi connectivity index (χ0v) is 25.0. The third kappa shape index (κ3) is 4.90. The fraction of sp³-hybridized carbons (Fsp3) is 0.433. The Hall–Kier alpha value is -4.39. The lowest BCUT2D eigenvalue weighted by atomic mass is 9.75. The average molecular weight is 594 g/mol. The van der Waals surface area contributed by atoms with Crippen molar-refractivity contribution >= 4 is 28.9 Å². The van der Waals surface area contributed by atoms with Crippen LogP contribution in [-0.4, -0.2) is 68.4 Å². The van der Waals surface area contributed by atoms with E-state index in [2.05, 4.69) is 25.9 Å². The van der Waals surface area contributed by atoms with Crippen molar-refractivity contribution in [1.29, 1.82) is 0 Å². The van der Waals surface area contributed by atoms with Crippen LogP contribution in [0.2, 0.25) is 0 Å². The van der Waals surface area contributed by atoms with Gasteiger partial charge in [0.2, 0.25) is 5.91 Å². The van der Waals surface area contributed by atoms with Crippen LogP contribution in [0.1, 0.15) is 68.5 Å². The van der Waals surface area contributed by atoms with Gasteiger partial charge in [-0.2, -0.15) is 14.8 Å². The molecule has 6 rings (SSSR count). The number of allylic oxidation sites excluding steroid dienone is 2. The Balaban J connectivity index is 1.37. The Bertz CT molecular complexity index is 1700. The minimum atomic E-state index is -1.15. The first-order valence-electron chi connectivity index (χ1n) is 14.3. The monoisotopic (exact) mass is 593 g/mol. The number of carbonyl (C=O) groups is 2. The smallest absolute Gasteiger partial charge is 0.270 e. The highest BCUT2D eigenvalue weighted by Crippen LogP contribution is 2.61. The average Bonchev–Trinajstić information content (AvgIpc) is 3.23. The molecule has 0 saturated heterocycles. The van der Waals surface area contributed by atoms with Crippen LogP contribution in [0, 0.1) is 17.0 Å². The summed E-state index contributed by atoms with van der Waals surface area (Å²) in [6.07, 6.45) is 6.15. The summed E-state index contributed by atoms with van der Waals surface area (Å²) in [6, 6.07) is 2.41. The van der Waals surface area contributed by atoms with E-state index in [4.69, 9.17) is 4.74 Å². The summed E-state index contributed by atoms with van der Waals surface area (Å²) in [5, 5.41) is 19.2. The highest BCUT2D eigenvalue weighted by Gasteiger charge is 2.58. The molecule has 43 heavy (non-hydrogen) atoms. The van der Waals surface area contributed by atoms with Crippen molar-refractivity contribution in [3.8, 4) is 5.75 Å². The lowest BCUT2D eigenvalue weighted by Crippen LogP contribution is -2.52. The van der Waals surface area contributed by atoms with Crippen LogP contribution >= 0.6 is 0 Å². The van der Waals surface area contributed by atoms with Gasteiger partial charge in [0.05, 0.1) is 38.8 Å². The molecule has 11 nitrogen and oxygen atoms in total. The summed E-state index contributed by atoms with van der Waals surface area (Å²) in [5.41, 5.74) is 3.12. The molecular formula is C30H35F2N8O3+. The Morgan fingerprint density at radius 3 is 2.51 bits per heavy atom. The molecule has 2 aromatic heterocycles. The summed E-state index contributed by atoms with van der Waals surface area (Å²) in [4.78, 5) is 27.8. The maximum atomic E-state index is 14.6. The summed E-state index contributed by atoms with van der Waals surface area (Å²) < 4.78 is 38.2. The van der Waals surface area contributed by atoms with Crippen molar-refractivity contribution in [3.63, 3.8) is 0 Å². The summed E-state index contributed by atoms with van der Waals surface area (Å²) in [7, 11) is 3.93. The van der Waals surface area contributed by atoms with Gasteiger partial charge in [-0.05, 0) is 45.7 Å². The minimum Gasteiger partial charge on any atom is -0.493 e. The van der Waals surface area contributed by atoms with Crippen LogP contribution < -0.4 is 15.4 Å². The van der Waals surface area contributed by atoms with E-state index < -0.39 is 40.8 Å². The van der Waals surface area contributed by atoms with Gasteiger partial charge < -0.3 is 15.4 Å². The molecule has 3 aromatic rings. The van der Waals surface area contributed by atoms with E-state index in [0.29, 0.717) is 28.7 Å². The van der Waals surface area contributed by atoms with Crippen molar-refractivity contribution in [2.24, 2.45) is 10.5 Å². The van der Waals surface area contributed by atoms with E-state index in [1.807, 2.05) is 41.8 Å². The van der Waals surface area contributed by atoms with Gasteiger partial charge in [-0.3, -0.25) is 14.3 Å². The molecule has 0 bridgehead atoms. The van der Waals surface area contributed by atoms with Gasteiger partial charge in [-0.1, -0.05) is 5.10 Å². The number of anilines is 1. The van der Waals surface area contributed by atoms with Crippen molar-refractivity contribution < 1.29 is 27.7 Å². The topological polar surface area (TPSA) is 115 Å². The molecule has 2 N–H and O–H groups in total. The molecular weight excluding hydrogens is 558 g/mol.